The number of aromatic nitrogens is 4. The van der Waals surface area contributed by atoms with Gasteiger partial charge >= 0.3 is 5.69 Å². The molecule has 12 nitrogen and oxygen atoms in total. The standard InChI is InChI=1S/C7H8N4O2.C4H11NO3.C2H4O2/c1-10-5-4(8-3-9-5)6(12)11(2)7(10)13;5-4(1-6,2-7)3-8;1-2(3)4/h3H,1-2H3,(H,8,9);6-8H,1-3,5H2;1H3,(H,3,4). The lowest BCUT2D eigenvalue weighted by Gasteiger charge is -2.20. The normalized spacial score (nSPS) is 10.5. The number of aliphatic hydroxyl groups is 3. The van der Waals surface area contributed by atoms with Gasteiger partial charge in [0, 0.05) is 21.0 Å². The molecule has 0 saturated heterocycles. The molecule has 0 spiro atoms. The number of aromatic amines is 1. The van der Waals surface area contributed by atoms with Crippen molar-refractivity contribution in [3.63, 3.8) is 0 Å². The number of nitrogens with two attached hydrogens (primary N) is 1. The van der Waals surface area contributed by atoms with E-state index in [-0.39, 0.29) is 11.2 Å². The van der Waals surface area contributed by atoms with E-state index >= 15 is 0 Å². The minimum atomic E-state index is -1.21. The Kier molecular flexibility index (Phi) is 8.70. The number of aryl methyl sites for hydroxylation is 1. The summed E-state index contributed by atoms with van der Waals surface area (Å²) in [7, 11) is 3.01. The molecule has 0 aliphatic rings. The second-order valence-electron chi connectivity index (χ2n) is 5.16. The molecule has 0 atom stereocenters. The average molecular weight is 361 g/mol. The summed E-state index contributed by atoms with van der Waals surface area (Å²) in [6.45, 7) is -0.125. The second kappa shape index (κ2) is 9.68. The van der Waals surface area contributed by atoms with Gasteiger partial charge in [0.05, 0.1) is 31.7 Å². The number of hydrogen-bond donors (Lipinski definition) is 6. The van der Waals surface area contributed by atoms with E-state index in [0.29, 0.717) is 11.2 Å². The summed E-state index contributed by atoms with van der Waals surface area (Å²) in [4.78, 5) is 38.4. The van der Waals surface area contributed by atoms with Crippen molar-refractivity contribution in [2.75, 3.05) is 19.8 Å². The zero-order chi connectivity index (χ0) is 19.8. The largest absolute Gasteiger partial charge is 0.481 e. The van der Waals surface area contributed by atoms with Crippen molar-refractivity contribution in [2.24, 2.45) is 19.8 Å². The van der Waals surface area contributed by atoms with E-state index in [1.807, 2.05) is 0 Å². The lowest BCUT2D eigenvalue weighted by atomic mass is 10.1. The van der Waals surface area contributed by atoms with Crippen LogP contribution in [0.5, 0.6) is 0 Å². The number of fused-ring (bicyclic) bond motifs is 1. The monoisotopic (exact) mass is 361 g/mol. The maximum atomic E-state index is 11.4. The van der Waals surface area contributed by atoms with Gasteiger partial charge in [-0.2, -0.15) is 0 Å². The van der Waals surface area contributed by atoms with E-state index in [4.69, 9.17) is 31.0 Å². The molecule has 2 aromatic heterocycles. The maximum Gasteiger partial charge on any atom is 0.332 e. The van der Waals surface area contributed by atoms with Crippen LogP contribution in [0.25, 0.3) is 11.2 Å². The van der Waals surface area contributed by atoms with Crippen molar-refractivity contribution in [2.45, 2.75) is 12.5 Å². The Morgan fingerprint density at radius 2 is 1.64 bits per heavy atom. The highest BCUT2D eigenvalue weighted by molar-refractivity contribution is 5.68. The molecule has 0 amide bonds. The number of aliphatic hydroxyl groups excluding tert-OH is 3. The number of rotatable bonds is 3. The quantitative estimate of drug-likeness (QED) is 0.324. The average Bonchev–Trinajstić information content (AvgIpc) is 3.07. The molecule has 0 saturated carbocycles. The van der Waals surface area contributed by atoms with Gasteiger partial charge in [0.1, 0.15) is 5.52 Å². The Morgan fingerprint density at radius 3 is 2.00 bits per heavy atom. The van der Waals surface area contributed by atoms with Crippen molar-refractivity contribution < 1.29 is 25.2 Å². The lowest BCUT2D eigenvalue weighted by molar-refractivity contribution is -0.134. The molecule has 0 bridgehead atoms. The number of nitrogens with zero attached hydrogens (tertiary/aromatic N) is 3. The zero-order valence-electron chi connectivity index (χ0n) is 14.1. The third kappa shape index (κ3) is 6.11. The molecule has 2 aromatic rings. The highest BCUT2D eigenvalue weighted by atomic mass is 16.4. The summed E-state index contributed by atoms with van der Waals surface area (Å²) < 4.78 is 2.37. The number of hydrogen-bond acceptors (Lipinski definition) is 8. The van der Waals surface area contributed by atoms with Gasteiger partial charge in [-0.1, -0.05) is 0 Å². The van der Waals surface area contributed by atoms with Gasteiger partial charge in [0.15, 0.2) is 5.65 Å². The minimum Gasteiger partial charge on any atom is -0.481 e. The molecule has 0 unspecified atom stereocenters. The predicted octanol–water partition coefficient (Wildman–Crippen LogP) is -3.29. The van der Waals surface area contributed by atoms with Gasteiger partial charge in [-0.15, -0.1) is 0 Å². The van der Waals surface area contributed by atoms with Crippen LogP contribution >= 0.6 is 0 Å². The van der Waals surface area contributed by atoms with Crippen LogP contribution in [0.15, 0.2) is 15.9 Å². The van der Waals surface area contributed by atoms with Gasteiger partial charge in [0.2, 0.25) is 0 Å². The summed E-state index contributed by atoms with van der Waals surface area (Å²) in [5, 5.41) is 32.4. The SMILES string of the molecule is CC(=O)O.Cn1c(=O)c2[nH]cnc2n(C)c1=O.NC(CO)(CO)CO. The topological polar surface area (TPSA) is 197 Å². The second-order valence-corrected chi connectivity index (χ2v) is 5.16. The lowest BCUT2D eigenvalue weighted by Crippen LogP contribution is -2.50. The van der Waals surface area contributed by atoms with Crippen molar-refractivity contribution in [3.05, 3.63) is 27.2 Å². The fourth-order valence-corrected chi connectivity index (χ4v) is 1.42. The van der Waals surface area contributed by atoms with E-state index in [1.165, 1.54) is 17.9 Å². The van der Waals surface area contributed by atoms with Crippen LogP contribution in [0.4, 0.5) is 0 Å². The molecule has 25 heavy (non-hydrogen) atoms. The Labute approximate surface area is 141 Å². The summed E-state index contributed by atoms with van der Waals surface area (Å²) in [5.41, 5.74) is 3.95. The van der Waals surface area contributed by atoms with Crippen molar-refractivity contribution in [1.82, 2.24) is 19.1 Å². The third-order valence-corrected chi connectivity index (χ3v) is 2.97. The number of imidazole rings is 1. The summed E-state index contributed by atoms with van der Waals surface area (Å²) >= 11 is 0. The Balaban J connectivity index is 0.000000413. The molecule has 0 aliphatic carbocycles. The first kappa shape index (κ1) is 22.5. The third-order valence-electron chi connectivity index (χ3n) is 2.97. The molecule has 7 N–H and O–H groups in total. The summed E-state index contributed by atoms with van der Waals surface area (Å²) in [6.07, 6.45) is 1.39. The van der Waals surface area contributed by atoms with Crippen molar-refractivity contribution >= 4 is 17.1 Å². The van der Waals surface area contributed by atoms with E-state index < -0.39 is 31.3 Å². The van der Waals surface area contributed by atoms with Gasteiger partial charge in [-0.05, 0) is 0 Å². The van der Waals surface area contributed by atoms with Crippen LogP contribution < -0.4 is 17.0 Å². The van der Waals surface area contributed by atoms with Gasteiger partial charge in [-0.3, -0.25) is 18.7 Å². The van der Waals surface area contributed by atoms with Crippen LogP contribution in [0, 0.1) is 0 Å². The summed E-state index contributed by atoms with van der Waals surface area (Å²) in [6, 6.07) is 0. The molecular formula is C13H23N5O7. The van der Waals surface area contributed by atoms with Gasteiger partial charge in [0.25, 0.3) is 11.5 Å². The van der Waals surface area contributed by atoms with E-state index in [0.717, 1.165) is 11.5 Å². The fraction of sp³-hybridized carbons (Fsp3) is 0.538. The van der Waals surface area contributed by atoms with E-state index in [1.54, 1.807) is 7.05 Å². The molecule has 0 aromatic carbocycles. The van der Waals surface area contributed by atoms with Crippen LogP contribution in [0.1, 0.15) is 6.92 Å². The fourth-order valence-electron chi connectivity index (χ4n) is 1.42. The zero-order valence-corrected chi connectivity index (χ0v) is 14.1. The Morgan fingerprint density at radius 1 is 1.20 bits per heavy atom. The highest BCUT2D eigenvalue weighted by Crippen LogP contribution is 1.97. The smallest absolute Gasteiger partial charge is 0.332 e. The van der Waals surface area contributed by atoms with Gasteiger partial charge < -0.3 is 31.1 Å². The van der Waals surface area contributed by atoms with Crippen molar-refractivity contribution in [3.8, 4) is 0 Å². The van der Waals surface area contributed by atoms with E-state index in [9.17, 15) is 9.59 Å². The Bertz CT molecular complexity index is 791. The molecule has 142 valence electrons. The Hall–Kier alpha value is -2.54. The number of carboxylic acids is 1. The number of carbonyl (C=O) groups is 1. The molecule has 0 radical (unpaired) electrons. The number of nitrogens with one attached hydrogen (secondary N) is 1. The van der Waals surface area contributed by atoms with Gasteiger partial charge in [-0.25, -0.2) is 9.78 Å². The molecule has 0 fully saturated rings. The molecule has 2 heterocycles. The molecule has 12 heteroatoms. The number of carboxylic acid groups (broad SMARTS) is 1. The van der Waals surface area contributed by atoms with Crippen LogP contribution in [0.2, 0.25) is 0 Å². The predicted molar refractivity (Wildman–Crippen MR) is 88.1 cm³/mol. The molecule has 2 rings (SSSR count). The number of aliphatic carboxylic acids is 1. The highest BCUT2D eigenvalue weighted by Gasteiger charge is 2.20. The minimum absolute atomic E-state index is 0.351. The van der Waals surface area contributed by atoms with Crippen molar-refractivity contribution in [1.29, 1.82) is 0 Å². The summed E-state index contributed by atoms with van der Waals surface area (Å²) in [5.74, 6) is -0.833. The molecule has 0 aliphatic heterocycles. The first-order valence-electron chi connectivity index (χ1n) is 6.94. The van der Waals surface area contributed by atoms with Crippen LogP contribution in [-0.2, 0) is 18.9 Å². The first-order valence-corrected chi connectivity index (χ1v) is 6.94. The first-order chi connectivity index (χ1) is 11.5. The number of H-pyrrole nitrogens is 1. The van der Waals surface area contributed by atoms with E-state index in [2.05, 4.69) is 9.97 Å². The van der Waals surface area contributed by atoms with Crippen LogP contribution in [0.3, 0.4) is 0 Å². The van der Waals surface area contributed by atoms with Crippen LogP contribution in [-0.4, -0.2) is 70.9 Å². The maximum absolute atomic E-state index is 11.4. The molecular weight excluding hydrogens is 338 g/mol.